The Balaban J connectivity index is 2.03. The van der Waals surface area contributed by atoms with Crippen LogP contribution in [0, 0.1) is 12.7 Å². The third-order valence-electron chi connectivity index (χ3n) is 4.88. The summed E-state index contributed by atoms with van der Waals surface area (Å²) < 4.78 is 19.1. The van der Waals surface area contributed by atoms with Gasteiger partial charge >= 0.3 is 5.97 Å². The SMILES string of the molecule is COC(=O)c1ccc(C(CC(=O)c2c[nH]c(=O)c(C)c2)c2ccccc2Cl)cc1F. The summed E-state index contributed by atoms with van der Waals surface area (Å²) >= 11 is 6.36. The molecule has 1 unspecified atom stereocenters. The molecule has 0 spiro atoms. The summed E-state index contributed by atoms with van der Waals surface area (Å²) in [6, 6.07) is 12.6. The molecule has 0 amide bonds. The molecule has 1 heterocycles. The van der Waals surface area contributed by atoms with Crippen LogP contribution in [0.5, 0.6) is 0 Å². The van der Waals surface area contributed by atoms with Crippen molar-refractivity contribution in [2.45, 2.75) is 19.3 Å². The molecule has 0 aliphatic heterocycles. The number of esters is 1. The van der Waals surface area contributed by atoms with E-state index >= 15 is 0 Å². The smallest absolute Gasteiger partial charge is 0.340 e. The molecule has 0 aliphatic carbocycles. The van der Waals surface area contributed by atoms with Gasteiger partial charge in [0.15, 0.2) is 5.78 Å². The van der Waals surface area contributed by atoms with E-state index in [-0.39, 0.29) is 23.3 Å². The van der Waals surface area contributed by atoms with E-state index in [2.05, 4.69) is 9.72 Å². The highest BCUT2D eigenvalue weighted by Gasteiger charge is 2.24. The van der Waals surface area contributed by atoms with Gasteiger partial charge in [-0.3, -0.25) is 9.59 Å². The van der Waals surface area contributed by atoms with Crippen LogP contribution in [-0.2, 0) is 4.74 Å². The second-order valence-corrected chi connectivity index (χ2v) is 7.24. The number of aryl methyl sites for hydroxylation is 1. The number of rotatable bonds is 6. The van der Waals surface area contributed by atoms with E-state index in [9.17, 15) is 18.8 Å². The van der Waals surface area contributed by atoms with Crippen LogP contribution >= 0.6 is 11.6 Å². The Bertz CT molecular complexity index is 1170. The Morgan fingerprint density at radius 1 is 1.17 bits per heavy atom. The minimum atomic E-state index is -0.784. The average Bonchev–Trinajstić information content (AvgIpc) is 2.73. The fourth-order valence-electron chi connectivity index (χ4n) is 3.25. The summed E-state index contributed by atoms with van der Waals surface area (Å²) in [6.45, 7) is 1.61. The van der Waals surface area contributed by atoms with Crippen molar-refractivity contribution >= 4 is 23.4 Å². The first kappa shape index (κ1) is 21.5. The molecule has 1 aromatic heterocycles. The van der Waals surface area contributed by atoms with Crippen LogP contribution in [0.15, 0.2) is 59.5 Å². The molecule has 0 saturated heterocycles. The highest BCUT2D eigenvalue weighted by Crippen LogP contribution is 2.34. The van der Waals surface area contributed by atoms with Crippen molar-refractivity contribution in [3.05, 3.63) is 104 Å². The van der Waals surface area contributed by atoms with Gasteiger partial charge in [0.2, 0.25) is 0 Å². The Hall–Kier alpha value is -3.25. The Morgan fingerprint density at radius 2 is 1.90 bits per heavy atom. The standard InChI is InChI=1S/C23H19ClFNO4/c1-13-9-15(12-26-22(13)28)21(27)11-18(16-5-3-4-6-19(16)24)14-7-8-17(20(25)10-14)23(29)30-2/h3-10,12,18H,11H2,1-2H3,(H,26,28). The van der Waals surface area contributed by atoms with Crippen molar-refractivity contribution in [1.82, 2.24) is 4.98 Å². The lowest BCUT2D eigenvalue weighted by Crippen LogP contribution is -2.15. The van der Waals surface area contributed by atoms with E-state index in [0.29, 0.717) is 27.3 Å². The Labute approximate surface area is 177 Å². The van der Waals surface area contributed by atoms with E-state index in [1.807, 2.05) is 0 Å². The van der Waals surface area contributed by atoms with Gasteiger partial charge in [0.1, 0.15) is 5.82 Å². The van der Waals surface area contributed by atoms with Crippen LogP contribution < -0.4 is 5.56 Å². The number of halogens is 2. The molecule has 30 heavy (non-hydrogen) atoms. The monoisotopic (exact) mass is 427 g/mol. The molecule has 2 aromatic carbocycles. The van der Waals surface area contributed by atoms with Gasteiger partial charge in [0, 0.05) is 34.7 Å². The maximum absolute atomic E-state index is 14.6. The fraction of sp³-hybridized carbons (Fsp3) is 0.174. The lowest BCUT2D eigenvalue weighted by Gasteiger charge is -2.19. The lowest BCUT2D eigenvalue weighted by atomic mass is 9.85. The van der Waals surface area contributed by atoms with E-state index in [1.54, 1.807) is 37.3 Å². The number of hydrogen-bond donors (Lipinski definition) is 1. The maximum Gasteiger partial charge on any atom is 0.340 e. The Morgan fingerprint density at radius 3 is 2.53 bits per heavy atom. The van der Waals surface area contributed by atoms with Gasteiger partial charge in [-0.1, -0.05) is 35.9 Å². The third kappa shape index (κ3) is 4.49. The minimum Gasteiger partial charge on any atom is -0.465 e. The van der Waals surface area contributed by atoms with Gasteiger partial charge in [-0.2, -0.15) is 0 Å². The first-order valence-corrected chi connectivity index (χ1v) is 9.54. The Kier molecular flexibility index (Phi) is 6.47. The van der Waals surface area contributed by atoms with Gasteiger partial charge < -0.3 is 9.72 Å². The summed E-state index contributed by atoms with van der Waals surface area (Å²) in [4.78, 5) is 38.8. The molecule has 1 atom stereocenters. The number of nitrogens with one attached hydrogen (secondary N) is 1. The van der Waals surface area contributed by atoms with Crippen molar-refractivity contribution in [2.75, 3.05) is 7.11 Å². The molecule has 0 aliphatic rings. The summed E-state index contributed by atoms with van der Waals surface area (Å²) in [5.74, 6) is -2.33. The zero-order valence-corrected chi connectivity index (χ0v) is 17.1. The third-order valence-corrected chi connectivity index (χ3v) is 5.23. The number of carbonyl (C=O) groups is 2. The predicted molar refractivity (Wildman–Crippen MR) is 112 cm³/mol. The summed E-state index contributed by atoms with van der Waals surface area (Å²) in [6.07, 6.45) is 1.36. The van der Waals surface area contributed by atoms with Crippen molar-refractivity contribution < 1.29 is 18.7 Å². The number of ketones is 1. The molecule has 1 N–H and O–H groups in total. The van der Waals surface area contributed by atoms with Crippen LogP contribution in [0.2, 0.25) is 5.02 Å². The molecule has 0 radical (unpaired) electrons. The maximum atomic E-state index is 14.6. The van der Waals surface area contributed by atoms with Crippen LogP contribution in [0.3, 0.4) is 0 Å². The minimum absolute atomic E-state index is 0.00771. The number of aromatic nitrogens is 1. The topological polar surface area (TPSA) is 76.2 Å². The molecule has 0 saturated carbocycles. The molecule has 0 bridgehead atoms. The van der Waals surface area contributed by atoms with E-state index in [1.165, 1.54) is 31.5 Å². The second-order valence-electron chi connectivity index (χ2n) is 6.83. The van der Waals surface area contributed by atoms with Crippen LogP contribution in [0.4, 0.5) is 4.39 Å². The molecule has 5 nitrogen and oxygen atoms in total. The number of H-pyrrole nitrogens is 1. The number of ether oxygens (including phenoxy) is 1. The van der Waals surface area contributed by atoms with Crippen molar-refractivity contribution in [1.29, 1.82) is 0 Å². The average molecular weight is 428 g/mol. The van der Waals surface area contributed by atoms with Crippen molar-refractivity contribution in [3.63, 3.8) is 0 Å². The predicted octanol–water partition coefficient (Wildman–Crippen LogP) is 4.67. The number of aromatic amines is 1. The van der Waals surface area contributed by atoms with Crippen molar-refractivity contribution in [2.24, 2.45) is 0 Å². The largest absolute Gasteiger partial charge is 0.465 e. The fourth-order valence-corrected chi connectivity index (χ4v) is 3.52. The molecule has 0 fully saturated rings. The first-order valence-electron chi connectivity index (χ1n) is 9.16. The number of methoxy groups -OCH3 is 1. The second kappa shape index (κ2) is 9.05. The number of hydrogen-bond acceptors (Lipinski definition) is 4. The van der Waals surface area contributed by atoms with Gasteiger partial charge in [-0.05, 0) is 42.3 Å². The summed E-state index contributed by atoms with van der Waals surface area (Å²) in [7, 11) is 1.17. The van der Waals surface area contributed by atoms with Gasteiger partial charge in [-0.25, -0.2) is 9.18 Å². The van der Waals surface area contributed by atoms with E-state index in [4.69, 9.17) is 11.6 Å². The zero-order valence-electron chi connectivity index (χ0n) is 16.4. The number of pyridine rings is 1. The molecular weight excluding hydrogens is 409 g/mol. The number of benzene rings is 2. The molecular formula is C23H19ClFNO4. The van der Waals surface area contributed by atoms with Crippen LogP contribution in [-0.4, -0.2) is 23.8 Å². The van der Waals surface area contributed by atoms with Gasteiger partial charge in [0.25, 0.3) is 5.56 Å². The van der Waals surface area contributed by atoms with E-state index < -0.39 is 17.7 Å². The quantitative estimate of drug-likeness (QED) is 0.458. The zero-order chi connectivity index (χ0) is 21.8. The summed E-state index contributed by atoms with van der Waals surface area (Å²) in [5.41, 5.74) is 1.44. The lowest BCUT2D eigenvalue weighted by molar-refractivity contribution is 0.0595. The number of carbonyl (C=O) groups excluding carboxylic acids is 2. The molecule has 3 rings (SSSR count). The highest BCUT2D eigenvalue weighted by atomic mass is 35.5. The summed E-state index contributed by atoms with van der Waals surface area (Å²) in [5, 5.41) is 0.436. The molecule has 7 heteroatoms. The van der Waals surface area contributed by atoms with E-state index in [0.717, 1.165) is 0 Å². The molecule has 154 valence electrons. The normalized spacial score (nSPS) is 11.7. The van der Waals surface area contributed by atoms with Gasteiger partial charge in [0.05, 0.1) is 12.7 Å². The van der Waals surface area contributed by atoms with Crippen molar-refractivity contribution in [3.8, 4) is 0 Å². The molecule has 3 aromatic rings. The van der Waals surface area contributed by atoms with Gasteiger partial charge in [-0.15, -0.1) is 0 Å². The van der Waals surface area contributed by atoms with Crippen LogP contribution in [0.1, 0.15) is 49.7 Å². The first-order chi connectivity index (χ1) is 14.3. The number of Topliss-reactive ketones (excluding diaryl/α,β-unsaturated/α-hetero) is 1. The highest BCUT2D eigenvalue weighted by molar-refractivity contribution is 6.31. The van der Waals surface area contributed by atoms with Crippen LogP contribution in [0.25, 0.3) is 0 Å².